The Morgan fingerprint density at radius 1 is 1.06 bits per heavy atom. The predicted molar refractivity (Wildman–Crippen MR) is 172 cm³/mol. The van der Waals surface area contributed by atoms with E-state index < -0.39 is 41.8 Å². The van der Waals surface area contributed by atoms with Crippen molar-refractivity contribution in [3.8, 4) is 17.2 Å². The summed E-state index contributed by atoms with van der Waals surface area (Å²) in [6.45, 7) is 6.33. The number of rotatable bonds is 11. The number of carbonyl (C=O) groups is 3. The highest BCUT2D eigenvalue weighted by Crippen LogP contribution is 2.39. The second kappa shape index (κ2) is 14.2. The van der Waals surface area contributed by atoms with Crippen LogP contribution in [0.3, 0.4) is 0 Å². The van der Waals surface area contributed by atoms with E-state index in [1.54, 1.807) is 0 Å². The minimum atomic E-state index is -4.80. The van der Waals surface area contributed by atoms with E-state index in [9.17, 15) is 31.9 Å². The first-order valence-electron chi connectivity index (χ1n) is 14.2. The van der Waals surface area contributed by atoms with Crippen molar-refractivity contribution >= 4 is 52.5 Å². The van der Waals surface area contributed by atoms with Gasteiger partial charge in [0.2, 0.25) is 11.9 Å². The summed E-state index contributed by atoms with van der Waals surface area (Å²) in [7, 11) is 2.62. The van der Waals surface area contributed by atoms with Crippen molar-refractivity contribution in [1.82, 2.24) is 20.3 Å². The smallest absolute Gasteiger partial charge is 0.416 e. The van der Waals surface area contributed by atoms with Crippen LogP contribution in [0.1, 0.15) is 21.5 Å². The Morgan fingerprint density at radius 2 is 1.84 bits per heavy atom. The molecule has 14 nitrogen and oxygen atoms in total. The van der Waals surface area contributed by atoms with Crippen LogP contribution in [0, 0.1) is 5.82 Å². The number of pyridine rings is 1. The zero-order valence-electron chi connectivity index (χ0n) is 26.1. The van der Waals surface area contributed by atoms with Gasteiger partial charge in [0.25, 0.3) is 11.8 Å². The first-order valence-corrected chi connectivity index (χ1v) is 14.2. The monoisotopic (exact) mass is 694 g/mol. The lowest BCUT2D eigenvalue weighted by molar-refractivity contribution is -0.138. The Labute approximate surface area is 280 Å². The molecule has 0 atom stereocenters. The summed E-state index contributed by atoms with van der Waals surface area (Å²) >= 11 is 0. The van der Waals surface area contributed by atoms with Crippen LogP contribution in [-0.4, -0.2) is 46.9 Å². The number of nitrogens with one attached hydrogen (secondary N) is 5. The van der Waals surface area contributed by atoms with E-state index in [4.69, 9.17) is 14.2 Å². The van der Waals surface area contributed by atoms with Gasteiger partial charge in [-0.1, -0.05) is 19.2 Å². The topological polar surface area (TPSA) is 178 Å². The first kappa shape index (κ1) is 34.6. The van der Waals surface area contributed by atoms with Gasteiger partial charge >= 0.3 is 6.18 Å². The van der Waals surface area contributed by atoms with E-state index in [1.165, 1.54) is 44.6 Å². The summed E-state index contributed by atoms with van der Waals surface area (Å²) in [5.74, 6) is -3.05. The summed E-state index contributed by atoms with van der Waals surface area (Å²) in [5.41, 5.74) is -1.49. The molecule has 0 aliphatic carbocycles. The highest BCUT2D eigenvalue weighted by Gasteiger charge is 2.34. The van der Waals surface area contributed by atoms with Gasteiger partial charge in [-0.15, -0.1) is 0 Å². The van der Waals surface area contributed by atoms with E-state index in [-0.39, 0.29) is 68.9 Å². The number of nitrogens with zero attached hydrogens (tertiary/aromatic N) is 3. The van der Waals surface area contributed by atoms with Crippen LogP contribution in [0.25, 0.3) is 0 Å². The van der Waals surface area contributed by atoms with Gasteiger partial charge in [-0.2, -0.15) is 18.2 Å². The van der Waals surface area contributed by atoms with Crippen LogP contribution >= 0.6 is 0 Å². The molecule has 4 aromatic rings. The lowest BCUT2D eigenvalue weighted by Crippen LogP contribution is -2.23. The fraction of sp³-hybridized carbons (Fsp3) is 0.125. The van der Waals surface area contributed by atoms with E-state index in [0.717, 1.165) is 24.4 Å². The zero-order chi connectivity index (χ0) is 36.2. The number of hydrogen-bond donors (Lipinski definition) is 5. The molecule has 18 heteroatoms. The third-order valence-corrected chi connectivity index (χ3v) is 6.87. The third kappa shape index (κ3) is 7.70. The van der Waals surface area contributed by atoms with Crippen molar-refractivity contribution in [2.45, 2.75) is 12.7 Å². The number of alkyl halides is 3. The van der Waals surface area contributed by atoms with Gasteiger partial charge in [0.15, 0.2) is 40.5 Å². The number of halogens is 4. The van der Waals surface area contributed by atoms with Gasteiger partial charge in [0, 0.05) is 17.8 Å². The predicted octanol–water partition coefficient (Wildman–Crippen LogP) is 5.43. The summed E-state index contributed by atoms with van der Waals surface area (Å²) in [6, 6.07) is 8.62. The SMILES string of the molecule is C=CC(=O)NCc1ccc(NC(=O)c2cc(Nc3ncc(F)c(Nc4ccc5c(n4)NC(=O)C(=C)O5)n3)c(OC)c(OC)c2)cc1C(F)(F)F. The van der Waals surface area contributed by atoms with Crippen molar-refractivity contribution in [1.29, 1.82) is 0 Å². The molecular weight excluding hydrogens is 668 g/mol. The molecule has 0 saturated heterocycles. The lowest BCUT2D eigenvalue weighted by Gasteiger charge is -2.19. The molecule has 5 rings (SSSR count). The number of aromatic nitrogens is 3. The van der Waals surface area contributed by atoms with Crippen LogP contribution < -0.4 is 40.8 Å². The van der Waals surface area contributed by atoms with Gasteiger partial charge in [0.05, 0.1) is 31.7 Å². The van der Waals surface area contributed by atoms with Gasteiger partial charge in [-0.25, -0.2) is 14.4 Å². The summed E-state index contributed by atoms with van der Waals surface area (Å²) in [6.07, 6.45) is -3.01. The maximum absolute atomic E-state index is 14.8. The second-order valence-electron chi connectivity index (χ2n) is 10.2. The molecule has 0 spiro atoms. The second-order valence-corrected chi connectivity index (χ2v) is 10.2. The number of fused-ring (bicyclic) bond motifs is 1. The summed E-state index contributed by atoms with van der Waals surface area (Å²) in [4.78, 5) is 48.9. The molecule has 5 N–H and O–H groups in total. The Kier molecular flexibility index (Phi) is 9.82. The molecule has 0 saturated carbocycles. The zero-order valence-corrected chi connectivity index (χ0v) is 26.1. The molecule has 2 aromatic heterocycles. The molecule has 1 aliphatic rings. The standard InChI is InChI=1S/C32H26F4N8O6/c1-5-25(45)37-13-16-6-7-18(12-19(16)32(34,35)36)39-30(47)17-10-21(26(49-4)23(11-17)48-3)40-31-38-14-20(33)27(44-31)41-24-9-8-22-28(42-24)43-29(46)15(2)50-22/h5-12,14H,1-2,13H2,3-4H3,(H,37,45)(H,39,47)(H3,38,40,41,42,43,44,46). The van der Waals surface area contributed by atoms with E-state index in [2.05, 4.69) is 54.7 Å². The maximum atomic E-state index is 14.8. The third-order valence-electron chi connectivity index (χ3n) is 6.87. The molecule has 1 aliphatic heterocycles. The number of benzene rings is 2. The number of carbonyl (C=O) groups excluding carboxylic acids is 3. The Bertz CT molecular complexity index is 2040. The van der Waals surface area contributed by atoms with Gasteiger partial charge < -0.3 is 40.8 Å². The van der Waals surface area contributed by atoms with E-state index in [0.29, 0.717) is 0 Å². The lowest BCUT2D eigenvalue weighted by atomic mass is 10.1. The van der Waals surface area contributed by atoms with Crippen LogP contribution in [0.4, 0.5) is 52.3 Å². The molecule has 0 bridgehead atoms. The molecule has 3 heterocycles. The number of methoxy groups -OCH3 is 2. The van der Waals surface area contributed by atoms with E-state index >= 15 is 0 Å². The molecule has 3 amide bonds. The van der Waals surface area contributed by atoms with Crippen molar-refractivity contribution in [3.63, 3.8) is 0 Å². The molecule has 0 fully saturated rings. The normalized spacial score (nSPS) is 12.1. The fourth-order valence-corrected chi connectivity index (χ4v) is 4.52. The highest BCUT2D eigenvalue weighted by molar-refractivity contribution is 6.06. The summed E-state index contributed by atoms with van der Waals surface area (Å²) in [5, 5.41) is 12.7. The van der Waals surface area contributed by atoms with Crippen LogP contribution in [0.5, 0.6) is 17.2 Å². The Hall–Kier alpha value is -6.72. The van der Waals surface area contributed by atoms with Crippen LogP contribution in [-0.2, 0) is 22.3 Å². The largest absolute Gasteiger partial charge is 0.493 e. The first-order chi connectivity index (χ1) is 23.8. The molecule has 50 heavy (non-hydrogen) atoms. The van der Waals surface area contributed by atoms with Crippen molar-refractivity contribution in [2.24, 2.45) is 0 Å². The Morgan fingerprint density at radius 3 is 2.54 bits per heavy atom. The van der Waals surface area contributed by atoms with Gasteiger partial charge in [0.1, 0.15) is 5.82 Å². The average molecular weight is 695 g/mol. The average Bonchev–Trinajstić information content (AvgIpc) is 3.08. The Balaban J connectivity index is 1.40. The van der Waals surface area contributed by atoms with Gasteiger partial charge in [-0.05, 0) is 48.0 Å². The number of ether oxygens (including phenoxy) is 3. The van der Waals surface area contributed by atoms with Crippen LogP contribution in [0.2, 0.25) is 0 Å². The molecule has 2 aromatic carbocycles. The van der Waals surface area contributed by atoms with Crippen LogP contribution in [0.15, 0.2) is 73.7 Å². The molecule has 0 radical (unpaired) electrons. The number of amides is 3. The van der Waals surface area contributed by atoms with Gasteiger partial charge in [-0.3, -0.25) is 14.4 Å². The number of anilines is 6. The maximum Gasteiger partial charge on any atom is 0.416 e. The quantitative estimate of drug-likeness (QED) is 0.0999. The van der Waals surface area contributed by atoms with Crippen molar-refractivity contribution < 1.29 is 46.2 Å². The molecule has 258 valence electrons. The van der Waals surface area contributed by atoms with Crippen molar-refractivity contribution in [2.75, 3.05) is 35.5 Å². The fourth-order valence-electron chi connectivity index (χ4n) is 4.52. The highest BCUT2D eigenvalue weighted by atomic mass is 19.4. The van der Waals surface area contributed by atoms with Crippen molar-refractivity contribution in [3.05, 3.63) is 96.2 Å². The molecular formula is C32H26F4N8O6. The number of hydrogen-bond acceptors (Lipinski definition) is 11. The summed E-state index contributed by atoms with van der Waals surface area (Å²) < 4.78 is 72.4. The minimum absolute atomic E-state index is 0.0533. The molecule has 0 unspecified atom stereocenters. The minimum Gasteiger partial charge on any atom is -0.493 e. The van der Waals surface area contributed by atoms with E-state index in [1.807, 2.05) is 0 Å².